The average molecular weight is 390 g/mol. The van der Waals surface area contributed by atoms with Crippen LogP contribution in [0.25, 0.3) is 11.5 Å². The largest absolute Gasteiger partial charge is 0.396 e. The van der Waals surface area contributed by atoms with Gasteiger partial charge in [0.05, 0.1) is 11.7 Å². The summed E-state index contributed by atoms with van der Waals surface area (Å²) in [6.07, 6.45) is 5.29. The molecule has 7 nitrogen and oxygen atoms in total. The van der Waals surface area contributed by atoms with Crippen molar-refractivity contribution in [2.45, 2.75) is 38.3 Å². The molecule has 0 saturated carbocycles. The van der Waals surface area contributed by atoms with Crippen LogP contribution in [-0.4, -0.2) is 45.7 Å². The first-order valence-electron chi connectivity index (χ1n) is 10.3. The SMILES string of the molecule is Cc1cccc(-c2cc(C3CCCC4CN(c5ncccc5N)CCN43)no2)n1. The average Bonchev–Trinajstić information content (AvgIpc) is 3.23. The number of hydrogen-bond donors (Lipinski definition) is 1. The van der Waals surface area contributed by atoms with Gasteiger partial charge in [-0.3, -0.25) is 4.90 Å². The van der Waals surface area contributed by atoms with Gasteiger partial charge in [-0.2, -0.15) is 0 Å². The molecule has 0 bridgehead atoms. The maximum absolute atomic E-state index is 6.16. The molecule has 0 aromatic carbocycles. The molecule has 150 valence electrons. The van der Waals surface area contributed by atoms with Gasteiger partial charge in [0, 0.05) is 43.6 Å². The number of piperazine rings is 1. The summed E-state index contributed by atoms with van der Waals surface area (Å²) in [5.41, 5.74) is 9.74. The molecule has 2 saturated heterocycles. The number of nitrogens with zero attached hydrogens (tertiary/aromatic N) is 5. The van der Waals surface area contributed by atoms with Crippen molar-refractivity contribution in [3.05, 3.63) is 54.0 Å². The number of pyridine rings is 2. The van der Waals surface area contributed by atoms with Gasteiger partial charge >= 0.3 is 0 Å². The summed E-state index contributed by atoms with van der Waals surface area (Å²) in [5.74, 6) is 1.65. The predicted molar refractivity (Wildman–Crippen MR) is 112 cm³/mol. The number of piperidine rings is 1. The van der Waals surface area contributed by atoms with Crippen LogP contribution in [0.1, 0.15) is 36.7 Å². The number of nitrogens with two attached hydrogens (primary N) is 1. The molecule has 2 aliphatic heterocycles. The van der Waals surface area contributed by atoms with Crippen molar-refractivity contribution in [1.29, 1.82) is 0 Å². The molecule has 29 heavy (non-hydrogen) atoms. The molecular formula is C22H26N6O. The Morgan fingerprint density at radius 3 is 2.93 bits per heavy atom. The molecule has 0 aliphatic carbocycles. The van der Waals surface area contributed by atoms with Crippen molar-refractivity contribution in [2.24, 2.45) is 0 Å². The summed E-state index contributed by atoms with van der Waals surface area (Å²) >= 11 is 0. The van der Waals surface area contributed by atoms with Gasteiger partial charge in [0.25, 0.3) is 0 Å². The highest BCUT2D eigenvalue weighted by Gasteiger charge is 2.37. The van der Waals surface area contributed by atoms with E-state index in [1.54, 1.807) is 0 Å². The third-order valence-corrected chi connectivity index (χ3v) is 6.07. The summed E-state index contributed by atoms with van der Waals surface area (Å²) in [5, 5.41) is 4.43. The first kappa shape index (κ1) is 18.1. The van der Waals surface area contributed by atoms with E-state index in [4.69, 9.17) is 10.3 Å². The van der Waals surface area contributed by atoms with Gasteiger partial charge < -0.3 is 15.2 Å². The van der Waals surface area contributed by atoms with E-state index < -0.39 is 0 Å². The standard InChI is InChI=1S/C22H26N6O/c1-15-5-2-8-18(25-15)21-13-19(26-29-21)20-9-3-6-16-14-27(11-12-28(16)20)22-17(23)7-4-10-24-22/h2,4-5,7-8,10,13,16,20H,3,6,9,11-12,14,23H2,1H3. The Labute approximate surface area is 170 Å². The van der Waals surface area contributed by atoms with Gasteiger partial charge in [0.2, 0.25) is 0 Å². The highest BCUT2D eigenvalue weighted by molar-refractivity contribution is 5.62. The van der Waals surface area contributed by atoms with Crippen LogP contribution < -0.4 is 10.6 Å². The van der Waals surface area contributed by atoms with Crippen LogP contribution in [0, 0.1) is 6.92 Å². The second-order valence-corrected chi connectivity index (χ2v) is 7.98. The van der Waals surface area contributed by atoms with E-state index in [0.717, 1.165) is 60.4 Å². The summed E-state index contributed by atoms with van der Waals surface area (Å²) in [4.78, 5) is 14.0. The first-order chi connectivity index (χ1) is 14.2. The van der Waals surface area contributed by atoms with Gasteiger partial charge in [0.15, 0.2) is 11.6 Å². The normalized spacial score (nSPS) is 22.4. The summed E-state index contributed by atoms with van der Waals surface area (Å²) in [6, 6.07) is 12.6. The van der Waals surface area contributed by atoms with E-state index in [1.807, 2.05) is 43.5 Å². The van der Waals surface area contributed by atoms with Crippen LogP contribution in [0.2, 0.25) is 0 Å². The number of anilines is 2. The van der Waals surface area contributed by atoms with Crippen LogP contribution in [0.5, 0.6) is 0 Å². The fourth-order valence-corrected chi connectivity index (χ4v) is 4.68. The molecule has 5 rings (SSSR count). The molecular weight excluding hydrogens is 364 g/mol. The Balaban J connectivity index is 1.35. The van der Waals surface area contributed by atoms with Crippen molar-refractivity contribution in [3.63, 3.8) is 0 Å². The molecule has 2 fully saturated rings. The minimum Gasteiger partial charge on any atom is -0.396 e. The molecule has 7 heteroatoms. The molecule has 3 aromatic heterocycles. The van der Waals surface area contributed by atoms with Crippen LogP contribution in [0.3, 0.4) is 0 Å². The van der Waals surface area contributed by atoms with E-state index in [9.17, 15) is 0 Å². The Hall–Kier alpha value is -2.93. The molecule has 2 aliphatic rings. The van der Waals surface area contributed by atoms with E-state index in [-0.39, 0.29) is 0 Å². The summed E-state index contributed by atoms with van der Waals surface area (Å²) in [7, 11) is 0. The van der Waals surface area contributed by atoms with Gasteiger partial charge in [-0.05, 0) is 50.5 Å². The Bertz CT molecular complexity index is 1000. The Morgan fingerprint density at radius 2 is 2.07 bits per heavy atom. The number of aryl methyl sites for hydroxylation is 1. The van der Waals surface area contributed by atoms with Crippen LogP contribution in [0.4, 0.5) is 11.5 Å². The zero-order valence-corrected chi connectivity index (χ0v) is 16.7. The van der Waals surface area contributed by atoms with Gasteiger partial charge in [-0.15, -0.1) is 0 Å². The maximum atomic E-state index is 6.16. The Morgan fingerprint density at radius 1 is 1.14 bits per heavy atom. The lowest BCUT2D eigenvalue weighted by Gasteiger charge is -2.48. The summed E-state index contributed by atoms with van der Waals surface area (Å²) < 4.78 is 5.67. The van der Waals surface area contributed by atoms with Crippen molar-refractivity contribution < 1.29 is 4.52 Å². The lowest BCUT2D eigenvalue weighted by Crippen LogP contribution is -2.56. The second kappa shape index (κ2) is 7.48. The smallest absolute Gasteiger partial charge is 0.185 e. The number of fused-ring (bicyclic) bond motifs is 1. The molecule has 2 atom stereocenters. The van der Waals surface area contributed by atoms with Crippen molar-refractivity contribution in [2.75, 3.05) is 30.3 Å². The molecule has 2 unspecified atom stereocenters. The topological polar surface area (TPSA) is 84.3 Å². The quantitative estimate of drug-likeness (QED) is 0.733. The molecule has 3 aromatic rings. The summed E-state index contributed by atoms with van der Waals surface area (Å²) in [6.45, 7) is 4.82. The third-order valence-electron chi connectivity index (χ3n) is 6.07. The zero-order valence-electron chi connectivity index (χ0n) is 16.7. The number of rotatable bonds is 3. The third kappa shape index (κ3) is 3.46. The minimum atomic E-state index is 0.291. The number of aromatic nitrogens is 3. The molecule has 0 spiro atoms. The molecule has 2 N–H and O–H groups in total. The highest BCUT2D eigenvalue weighted by atomic mass is 16.5. The van der Waals surface area contributed by atoms with E-state index >= 15 is 0 Å². The van der Waals surface area contributed by atoms with Crippen molar-refractivity contribution >= 4 is 11.5 Å². The molecule has 0 radical (unpaired) electrons. The maximum Gasteiger partial charge on any atom is 0.185 e. The monoisotopic (exact) mass is 390 g/mol. The van der Waals surface area contributed by atoms with E-state index in [2.05, 4.69) is 31.0 Å². The highest BCUT2D eigenvalue weighted by Crippen LogP contribution is 2.37. The van der Waals surface area contributed by atoms with Crippen molar-refractivity contribution in [1.82, 2.24) is 20.0 Å². The minimum absolute atomic E-state index is 0.291. The van der Waals surface area contributed by atoms with Gasteiger partial charge in [-0.1, -0.05) is 11.2 Å². The number of nitrogen functional groups attached to an aromatic ring is 1. The fourth-order valence-electron chi connectivity index (χ4n) is 4.68. The van der Waals surface area contributed by atoms with Gasteiger partial charge in [-0.25, -0.2) is 9.97 Å². The zero-order chi connectivity index (χ0) is 19.8. The lowest BCUT2D eigenvalue weighted by atomic mass is 9.91. The second-order valence-electron chi connectivity index (χ2n) is 7.98. The van der Waals surface area contributed by atoms with E-state index in [1.165, 1.54) is 12.8 Å². The predicted octanol–water partition coefficient (Wildman–Crippen LogP) is 3.44. The lowest BCUT2D eigenvalue weighted by molar-refractivity contribution is 0.0674. The fraction of sp³-hybridized carbons (Fsp3) is 0.409. The Kier molecular flexibility index (Phi) is 4.67. The number of hydrogen-bond acceptors (Lipinski definition) is 7. The first-order valence-corrected chi connectivity index (χ1v) is 10.3. The molecule has 0 amide bonds. The molecule has 5 heterocycles. The van der Waals surface area contributed by atoms with Crippen LogP contribution >= 0.6 is 0 Å². The van der Waals surface area contributed by atoms with E-state index in [0.29, 0.717) is 12.1 Å². The van der Waals surface area contributed by atoms with Crippen LogP contribution in [0.15, 0.2) is 47.1 Å². The van der Waals surface area contributed by atoms with Gasteiger partial charge in [0.1, 0.15) is 11.4 Å². The van der Waals surface area contributed by atoms with Crippen molar-refractivity contribution in [3.8, 4) is 11.5 Å². The van der Waals surface area contributed by atoms with Crippen LogP contribution in [-0.2, 0) is 0 Å².